The molecule has 6 heteroatoms. The highest BCUT2D eigenvalue weighted by molar-refractivity contribution is 5.93. The molecule has 0 saturated carbocycles. The maximum absolute atomic E-state index is 12.3. The Hall–Kier alpha value is -2.89. The zero-order valence-corrected chi connectivity index (χ0v) is 14.7. The molecule has 3 rings (SSSR count). The van der Waals surface area contributed by atoms with Gasteiger partial charge in [0.05, 0.1) is 5.39 Å². The minimum Gasteiger partial charge on any atom is -0.367 e. The number of hydrogen-bond donors (Lipinski definition) is 3. The summed E-state index contributed by atoms with van der Waals surface area (Å²) in [5.41, 5.74) is -0.145. The van der Waals surface area contributed by atoms with Gasteiger partial charge in [0, 0.05) is 18.4 Å². The van der Waals surface area contributed by atoms with Crippen molar-refractivity contribution in [1.82, 2.24) is 15.0 Å². The van der Waals surface area contributed by atoms with Crippen molar-refractivity contribution in [1.29, 1.82) is 0 Å². The number of anilines is 3. The minimum absolute atomic E-state index is 0.145. The molecule has 0 fully saturated rings. The first-order valence-corrected chi connectivity index (χ1v) is 8.50. The molecule has 3 N–H and O–H groups in total. The maximum Gasteiger partial charge on any atom is 0.259 e. The lowest BCUT2D eigenvalue weighted by Gasteiger charge is -2.18. The fourth-order valence-corrected chi connectivity index (χ4v) is 2.95. The Morgan fingerprint density at radius 2 is 2.00 bits per heavy atom. The minimum atomic E-state index is -0.145. The molecule has 0 aliphatic heterocycles. The normalized spacial score (nSPS) is 12.3. The lowest BCUT2D eigenvalue weighted by Crippen LogP contribution is -2.20. The fourth-order valence-electron chi connectivity index (χ4n) is 2.95. The van der Waals surface area contributed by atoms with Gasteiger partial charge >= 0.3 is 0 Å². The molecule has 0 aliphatic rings. The van der Waals surface area contributed by atoms with E-state index in [2.05, 4.69) is 46.4 Å². The molecule has 0 aromatic carbocycles. The maximum atomic E-state index is 12.3. The summed E-state index contributed by atoms with van der Waals surface area (Å²) >= 11 is 0. The highest BCUT2D eigenvalue weighted by Gasteiger charge is 2.13. The van der Waals surface area contributed by atoms with Crippen LogP contribution in [-0.4, -0.2) is 21.0 Å². The standard InChI is InChI=1S/C19H23N5O/c1-12(2)10-13(3)22-18-17-14(7-9-21-19(17)25)11-16(24-18)23-15-6-4-5-8-20-15/h4-9,11-13H,10H2,1-3H3,(H,21,25)(H2,20,22,23,24). The number of rotatable bonds is 6. The van der Waals surface area contributed by atoms with Crippen LogP contribution < -0.4 is 16.2 Å². The van der Waals surface area contributed by atoms with Crippen molar-refractivity contribution >= 4 is 28.2 Å². The molecule has 1 atom stereocenters. The summed E-state index contributed by atoms with van der Waals surface area (Å²) in [6, 6.07) is 9.58. The molecule has 0 spiro atoms. The van der Waals surface area contributed by atoms with Crippen molar-refractivity contribution < 1.29 is 0 Å². The van der Waals surface area contributed by atoms with Crippen molar-refractivity contribution in [3.63, 3.8) is 0 Å². The second-order valence-corrected chi connectivity index (χ2v) is 6.64. The van der Waals surface area contributed by atoms with E-state index in [9.17, 15) is 4.79 Å². The van der Waals surface area contributed by atoms with Crippen molar-refractivity contribution in [3.8, 4) is 0 Å². The van der Waals surface area contributed by atoms with Crippen molar-refractivity contribution in [2.75, 3.05) is 10.6 Å². The SMILES string of the molecule is CC(C)CC(C)Nc1nc(Nc2ccccn2)cc2cc[nH]c(=O)c12. The first-order valence-electron chi connectivity index (χ1n) is 8.50. The summed E-state index contributed by atoms with van der Waals surface area (Å²) in [5.74, 6) is 2.50. The average molecular weight is 337 g/mol. The first-order chi connectivity index (χ1) is 12.0. The summed E-state index contributed by atoms with van der Waals surface area (Å²) in [6.45, 7) is 6.45. The lowest BCUT2D eigenvalue weighted by atomic mass is 10.1. The Balaban J connectivity index is 2.01. The van der Waals surface area contributed by atoms with Crippen LogP contribution in [0.3, 0.4) is 0 Å². The number of pyridine rings is 3. The molecule has 0 radical (unpaired) electrons. The Kier molecular flexibility index (Phi) is 4.97. The van der Waals surface area contributed by atoms with Crippen LogP contribution in [0.15, 0.2) is 47.5 Å². The van der Waals surface area contributed by atoms with Crippen LogP contribution in [0.1, 0.15) is 27.2 Å². The van der Waals surface area contributed by atoms with E-state index in [1.807, 2.05) is 30.3 Å². The molecule has 0 aliphatic carbocycles. The molecule has 3 aromatic heterocycles. The Morgan fingerprint density at radius 3 is 2.72 bits per heavy atom. The van der Waals surface area contributed by atoms with E-state index in [0.717, 1.165) is 11.8 Å². The molecule has 0 bridgehead atoms. The van der Waals surface area contributed by atoms with Gasteiger partial charge in [-0.05, 0) is 48.9 Å². The number of fused-ring (bicyclic) bond motifs is 1. The van der Waals surface area contributed by atoms with Gasteiger partial charge in [-0.1, -0.05) is 19.9 Å². The van der Waals surface area contributed by atoms with E-state index in [-0.39, 0.29) is 11.6 Å². The van der Waals surface area contributed by atoms with E-state index in [4.69, 9.17) is 0 Å². The molecule has 3 aromatic rings. The van der Waals surface area contributed by atoms with Gasteiger partial charge in [0.25, 0.3) is 5.56 Å². The van der Waals surface area contributed by atoms with Gasteiger partial charge in [0.2, 0.25) is 0 Å². The monoisotopic (exact) mass is 337 g/mol. The number of H-pyrrole nitrogens is 1. The van der Waals surface area contributed by atoms with Crippen LogP contribution in [0.4, 0.5) is 17.5 Å². The summed E-state index contributed by atoms with van der Waals surface area (Å²) in [7, 11) is 0. The van der Waals surface area contributed by atoms with Gasteiger partial charge < -0.3 is 15.6 Å². The third kappa shape index (κ3) is 4.15. The van der Waals surface area contributed by atoms with Gasteiger partial charge in [-0.15, -0.1) is 0 Å². The molecule has 25 heavy (non-hydrogen) atoms. The first kappa shape index (κ1) is 17.0. The van der Waals surface area contributed by atoms with Gasteiger partial charge in [-0.2, -0.15) is 0 Å². The van der Waals surface area contributed by atoms with E-state index >= 15 is 0 Å². The Morgan fingerprint density at radius 1 is 1.16 bits per heavy atom. The zero-order chi connectivity index (χ0) is 17.8. The molecular formula is C19H23N5O. The van der Waals surface area contributed by atoms with Crippen molar-refractivity contribution in [3.05, 3.63) is 53.1 Å². The molecule has 130 valence electrons. The summed E-state index contributed by atoms with van der Waals surface area (Å²) < 4.78 is 0. The Labute approximate surface area is 146 Å². The lowest BCUT2D eigenvalue weighted by molar-refractivity contribution is 0.539. The average Bonchev–Trinajstić information content (AvgIpc) is 2.54. The van der Waals surface area contributed by atoms with Crippen LogP contribution in [0, 0.1) is 5.92 Å². The predicted molar refractivity (Wildman–Crippen MR) is 102 cm³/mol. The van der Waals surface area contributed by atoms with E-state index in [0.29, 0.717) is 28.8 Å². The number of hydrogen-bond acceptors (Lipinski definition) is 5. The number of nitrogens with zero attached hydrogens (tertiary/aromatic N) is 2. The van der Waals surface area contributed by atoms with E-state index in [1.54, 1.807) is 12.4 Å². The molecular weight excluding hydrogens is 314 g/mol. The van der Waals surface area contributed by atoms with Crippen LogP contribution in [-0.2, 0) is 0 Å². The smallest absolute Gasteiger partial charge is 0.259 e. The molecule has 1 unspecified atom stereocenters. The van der Waals surface area contributed by atoms with Gasteiger partial charge in [0.15, 0.2) is 0 Å². The van der Waals surface area contributed by atoms with Crippen molar-refractivity contribution in [2.45, 2.75) is 33.2 Å². The topological polar surface area (TPSA) is 82.7 Å². The quantitative estimate of drug-likeness (QED) is 0.635. The van der Waals surface area contributed by atoms with Crippen molar-refractivity contribution in [2.24, 2.45) is 5.92 Å². The van der Waals surface area contributed by atoms with Gasteiger partial charge in [-0.25, -0.2) is 9.97 Å². The number of nitrogens with one attached hydrogen (secondary N) is 3. The number of aromatic nitrogens is 3. The van der Waals surface area contributed by atoms with E-state index < -0.39 is 0 Å². The number of aromatic amines is 1. The highest BCUT2D eigenvalue weighted by atomic mass is 16.1. The van der Waals surface area contributed by atoms with Crippen LogP contribution >= 0.6 is 0 Å². The third-order valence-corrected chi connectivity index (χ3v) is 3.88. The van der Waals surface area contributed by atoms with Crippen LogP contribution in [0.5, 0.6) is 0 Å². The summed E-state index contributed by atoms with van der Waals surface area (Å²) in [5, 5.41) is 7.99. The zero-order valence-electron chi connectivity index (χ0n) is 14.7. The molecule has 3 heterocycles. The highest BCUT2D eigenvalue weighted by Crippen LogP contribution is 2.24. The second-order valence-electron chi connectivity index (χ2n) is 6.64. The molecule has 0 saturated heterocycles. The second kappa shape index (κ2) is 7.34. The van der Waals surface area contributed by atoms with E-state index in [1.165, 1.54) is 0 Å². The largest absolute Gasteiger partial charge is 0.367 e. The third-order valence-electron chi connectivity index (χ3n) is 3.88. The summed E-state index contributed by atoms with van der Waals surface area (Å²) in [4.78, 5) is 23.9. The van der Waals surface area contributed by atoms with Gasteiger partial charge in [-0.3, -0.25) is 4.79 Å². The predicted octanol–water partition coefficient (Wildman–Crippen LogP) is 3.91. The fraction of sp³-hybridized carbons (Fsp3) is 0.316. The Bertz CT molecular complexity index is 905. The van der Waals surface area contributed by atoms with Crippen LogP contribution in [0.2, 0.25) is 0 Å². The van der Waals surface area contributed by atoms with Gasteiger partial charge in [0.1, 0.15) is 17.5 Å². The summed E-state index contributed by atoms with van der Waals surface area (Å²) in [6.07, 6.45) is 4.36. The van der Waals surface area contributed by atoms with Crippen LogP contribution in [0.25, 0.3) is 10.8 Å². The molecule has 0 amide bonds. The molecule has 6 nitrogen and oxygen atoms in total.